The lowest BCUT2D eigenvalue weighted by Crippen LogP contribution is -2.41. The summed E-state index contributed by atoms with van der Waals surface area (Å²) in [7, 11) is 0. The Hall–Kier alpha value is -0.920. The Bertz CT molecular complexity index is 382. The summed E-state index contributed by atoms with van der Waals surface area (Å²) in [6.45, 7) is 11.5. The topological polar surface area (TPSA) is 105 Å². The van der Waals surface area contributed by atoms with E-state index in [2.05, 4.69) is 30.8 Å². The van der Waals surface area contributed by atoms with E-state index in [0.717, 1.165) is 37.9 Å². The van der Waals surface area contributed by atoms with Gasteiger partial charge in [-0.1, -0.05) is 0 Å². The number of amidine groups is 2. The molecule has 0 saturated carbocycles. The predicted molar refractivity (Wildman–Crippen MR) is 91.7 cm³/mol. The summed E-state index contributed by atoms with van der Waals surface area (Å²) < 4.78 is 0. The first-order chi connectivity index (χ1) is 8.42. The second-order valence-electron chi connectivity index (χ2n) is 5.63. The van der Waals surface area contributed by atoms with Gasteiger partial charge in [-0.25, -0.2) is 0 Å². The van der Waals surface area contributed by atoms with Crippen LogP contribution in [0, 0.1) is 0 Å². The minimum atomic E-state index is -0.396. The molecule has 0 atom stereocenters. The summed E-state index contributed by atoms with van der Waals surface area (Å²) in [5, 5.41) is 15.4. The van der Waals surface area contributed by atoms with E-state index >= 15 is 0 Å². The second kappa shape index (κ2) is 8.51. The van der Waals surface area contributed by atoms with Crippen LogP contribution in [-0.4, -0.2) is 54.4 Å². The van der Waals surface area contributed by atoms with Crippen LogP contribution in [0.5, 0.6) is 0 Å². The van der Waals surface area contributed by atoms with Gasteiger partial charge in [0, 0.05) is 13.1 Å². The maximum atomic E-state index is 4.47. The molecule has 2 aliphatic heterocycles. The lowest BCUT2D eigenvalue weighted by molar-refractivity contribution is 0.552. The molecule has 0 saturated heterocycles. The number of azo groups is 1. The number of nitrogens with one attached hydrogen (secondary N) is 2. The third kappa shape index (κ3) is 5.41. The van der Waals surface area contributed by atoms with Gasteiger partial charge in [0.05, 0.1) is 13.1 Å². The van der Waals surface area contributed by atoms with E-state index in [4.69, 9.17) is 0 Å². The second-order valence-corrected chi connectivity index (χ2v) is 5.63. The zero-order chi connectivity index (χ0) is 13.2. The van der Waals surface area contributed by atoms with Crippen LogP contribution in [0.25, 0.3) is 0 Å². The molecular formula is C12H26Cl2N6O. The average molecular weight is 341 g/mol. The molecule has 9 heteroatoms. The van der Waals surface area contributed by atoms with Crippen molar-refractivity contribution in [3.8, 4) is 0 Å². The first kappa shape index (κ1) is 22.4. The molecule has 0 aliphatic carbocycles. The summed E-state index contributed by atoms with van der Waals surface area (Å²) in [6.07, 6.45) is 0. The number of nitrogens with zero attached hydrogens (tertiary/aromatic N) is 4. The molecule has 0 aromatic rings. The molecule has 0 radical (unpaired) electrons. The van der Waals surface area contributed by atoms with Gasteiger partial charge in [0.15, 0.2) is 0 Å². The maximum Gasteiger partial charge on any atom is 0.133 e. The molecular weight excluding hydrogens is 315 g/mol. The average Bonchev–Trinajstić information content (AvgIpc) is 2.99. The Balaban J connectivity index is 0. The fourth-order valence-corrected chi connectivity index (χ4v) is 1.96. The number of hydrogen-bond donors (Lipinski definition) is 2. The van der Waals surface area contributed by atoms with Gasteiger partial charge in [0.1, 0.15) is 22.7 Å². The quantitative estimate of drug-likeness (QED) is 0.745. The summed E-state index contributed by atoms with van der Waals surface area (Å²) in [4.78, 5) is 8.82. The Morgan fingerprint density at radius 3 is 1.38 bits per heavy atom. The highest BCUT2D eigenvalue weighted by Crippen LogP contribution is 2.19. The monoisotopic (exact) mass is 340 g/mol. The molecule has 0 aromatic heterocycles. The van der Waals surface area contributed by atoms with E-state index in [0.29, 0.717) is 0 Å². The van der Waals surface area contributed by atoms with E-state index in [1.807, 2.05) is 27.7 Å². The largest absolute Gasteiger partial charge is 0.412 e. The van der Waals surface area contributed by atoms with Crippen LogP contribution in [-0.2, 0) is 0 Å². The Morgan fingerprint density at radius 1 is 0.810 bits per heavy atom. The smallest absolute Gasteiger partial charge is 0.133 e. The zero-order valence-electron chi connectivity index (χ0n) is 12.9. The highest BCUT2D eigenvalue weighted by atomic mass is 35.5. The lowest BCUT2D eigenvalue weighted by Gasteiger charge is -2.23. The SMILES string of the molecule is CC(C)(N=NC(C)(C)C1=NCCN1)C1=NCCN1.Cl.Cl.O. The van der Waals surface area contributed by atoms with E-state index in [1.165, 1.54) is 0 Å². The van der Waals surface area contributed by atoms with E-state index in [-0.39, 0.29) is 30.3 Å². The van der Waals surface area contributed by atoms with Crippen molar-refractivity contribution in [2.75, 3.05) is 26.2 Å². The molecule has 0 unspecified atom stereocenters. The van der Waals surface area contributed by atoms with Gasteiger partial charge in [0.2, 0.25) is 0 Å². The molecule has 2 rings (SSSR count). The van der Waals surface area contributed by atoms with Crippen LogP contribution >= 0.6 is 24.8 Å². The summed E-state index contributed by atoms with van der Waals surface area (Å²) in [6, 6.07) is 0. The minimum absolute atomic E-state index is 0. The number of hydrogen-bond acceptors (Lipinski definition) is 6. The summed E-state index contributed by atoms with van der Waals surface area (Å²) in [5.74, 6) is 1.84. The molecule has 2 heterocycles. The third-order valence-corrected chi connectivity index (χ3v) is 3.06. The molecule has 2 aliphatic rings. The molecule has 4 N–H and O–H groups in total. The summed E-state index contributed by atoms with van der Waals surface area (Å²) >= 11 is 0. The zero-order valence-corrected chi connectivity index (χ0v) is 14.6. The third-order valence-electron chi connectivity index (χ3n) is 3.06. The van der Waals surface area contributed by atoms with Crippen LogP contribution in [0.15, 0.2) is 20.2 Å². The van der Waals surface area contributed by atoms with E-state index < -0.39 is 11.1 Å². The molecule has 21 heavy (non-hydrogen) atoms. The van der Waals surface area contributed by atoms with Crippen LogP contribution in [0.4, 0.5) is 0 Å². The molecule has 7 nitrogen and oxygen atoms in total. The van der Waals surface area contributed by atoms with E-state index in [1.54, 1.807) is 0 Å². The van der Waals surface area contributed by atoms with Gasteiger partial charge in [-0.05, 0) is 27.7 Å². The Morgan fingerprint density at radius 2 is 1.14 bits per heavy atom. The van der Waals surface area contributed by atoms with Crippen molar-refractivity contribution in [1.29, 1.82) is 0 Å². The maximum absolute atomic E-state index is 4.47. The van der Waals surface area contributed by atoms with Gasteiger partial charge in [-0.2, -0.15) is 10.2 Å². The normalized spacial score (nSPS) is 17.7. The van der Waals surface area contributed by atoms with E-state index in [9.17, 15) is 0 Å². The fourth-order valence-electron chi connectivity index (χ4n) is 1.96. The van der Waals surface area contributed by atoms with Crippen LogP contribution in [0.1, 0.15) is 27.7 Å². The van der Waals surface area contributed by atoms with Gasteiger partial charge < -0.3 is 16.1 Å². The van der Waals surface area contributed by atoms with Crippen molar-refractivity contribution in [2.24, 2.45) is 20.2 Å². The number of halogens is 2. The van der Waals surface area contributed by atoms with Crippen molar-refractivity contribution in [1.82, 2.24) is 10.6 Å². The van der Waals surface area contributed by atoms with Crippen molar-refractivity contribution in [3.05, 3.63) is 0 Å². The standard InChI is InChI=1S/C12H22N6.2ClH.H2O/c1-11(2,9-13-5-6-14-9)17-18-12(3,4)10-15-7-8-16-10;;;/h5-8H2,1-4H3,(H,13,14)(H,15,16);2*1H;1H2. The number of aliphatic imine (C=N–C) groups is 2. The minimum Gasteiger partial charge on any atom is -0.412 e. The molecule has 0 bridgehead atoms. The lowest BCUT2D eigenvalue weighted by atomic mass is 10.0. The fraction of sp³-hybridized carbons (Fsp3) is 0.833. The molecule has 124 valence electrons. The summed E-state index contributed by atoms with van der Waals surface area (Å²) in [5.41, 5.74) is -0.792. The first-order valence-electron chi connectivity index (χ1n) is 6.43. The highest BCUT2D eigenvalue weighted by molar-refractivity contribution is 5.93. The van der Waals surface area contributed by atoms with Crippen LogP contribution in [0.3, 0.4) is 0 Å². The van der Waals surface area contributed by atoms with Crippen molar-refractivity contribution < 1.29 is 5.48 Å². The van der Waals surface area contributed by atoms with Crippen molar-refractivity contribution in [3.63, 3.8) is 0 Å². The van der Waals surface area contributed by atoms with Crippen LogP contribution in [0.2, 0.25) is 0 Å². The Labute approximate surface area is 138 Å². The number of rotatable bonds is 4. The van der Waals surface area contributed by atoms with Crippen molar-refractivity contribution in [2.45, 2.75) is 38.8 Å². The van der Waals surface area contributed by atoms with Gasteiger partial charge in [0.25, 0.3) is 0 Å². The molecule has 0 fully saturated rings. The Kier molecular flexibility index (Phi) is 9.06. The first-order valence-corrected chi connectivity index (χ1v) is 6.43. The molecule has 0 amide bonds. The van der Waals surface area contributed by atoms with Crippen LogP contribution < -0.4 is 10.6 Å². The molecule has 0 spiro atoms. The predicted octanol–water partition coefficient (Wildman–Crippen LogP) is 1.02. The van der Waals surface area contributed by atoms with Gasteiger partial charge in [-0.3, -0.25) is 9.98 Å². The molecule has 0 aromatic carbocycles. The highest BCUT2D eigenvalue weighted by Gasteiger charge is 2.31. The van der Waals surface area contributed by atoms with Crippen molar-refractivity contribution >= 4 is 36.5 Å². The van der Waals surface area contributed by atoms with Gasteiger partial charge >= 0.3 is 0 Å². The van der Waals surface area contributed by atoms with Gasteiger partial charge in [-0.15, -0.1) is 24.8 Å².